The minimum atomic E-state index is 0.371. The predicted molar refractivity (Wildman–Crippen MR) is 109 cm³/mol. The number of aryl methyl sites for hydroxylation is 1. The summed E-state index contributed by atoms with van der Waals surface area (Å²) in [5, 5.41) is 8.85. The van der Waals surface area contributed by atoms with Gasteiger partial charge in [-0.05, 0) is 48.9 Å². The number of aromatic nitrogens is 6. The highest BCUT2D eigenvalue weighted by atomic mass is 15.3. The molecule has 4 aromatic rings. The molecule has 4 heterocycles. The molecule has 0 bridgehead atoms. The summed E-state index contributed by atoms with van der Waals surface area (Å²) in [5.41, 5.74) is 6.51. The molecule has 1 saturated carbocycles. The third kappa shape index (κ3) is 3.09. The fraction of sp³-hybridized carbons (Fsp3) is 0.364. The van der Waals surface area contributed by atoms with Crippen LogP contribution in [0.15, 0.2) is 49.3 Å². The second kappa shape index (κ2) is 6.55. The zero-order valence-corrected chi connectivity index (χ0v) is 16.3. The third-order valence-corrected chi connectivity index (χ3v) is 5.88. The van der Waals surface area contributed by atoms with Crippen LogP contribution in [-0.2, 0) is 6.54 Å². The maximum Gasteiger partial charge on any atom is 0.155 e. The minimum Gasteiger partial charge on any atom is -0.272 e. The number of nitrogens with zero attached hydrogens (tertiary/aromatic N) is 6. The number of rotatable bonds is 4. The molecule has 6 heteroatoms. The van der Waals surface area contributed by atoms with E-state index in [1.54, 1.807) is 10.8 Å². The Labute approximate surface area is 164 Å². The van der Waals surface area contributed by atoms with Crippen molar-refractivity contribution in [3.05, 3.63) is 54.9 Å². The first kappa shape index (κ1) is 17.1. The molecule has 0 unspecified atom stereocenters. The lowest BCUT2D eigenvalue weighted by atomic mass is 9.89. The highest BCUT2D eigenvalue weighted by Gasteiger charge is 2.29. The Bertz CT molecular complexity index is 1130. The van der Waals surface area contributed by atoms with Crippen LogP contribution in [0, 0.1) is 12.3 Å². The Balaban J connectivity index is 1.54. The maximum atomic E-state index is 4.75. The van der Waals surface area contributed by atoms with Gasteiger partial charge < -0.3 is 0 Å². The number of hydrogen-bond donors (Lipinski definition) is 0. The molecular formula is C22H24N6. The highest BCUT2D eigenvalue weighted by Crippen LogP contribution is 2.39. The molecule has 0 amide bonds. The van der Waals surface area contributed by atoms with E-state index >= 15 is 0 Å². The normalized spacial score (nSPS) is 16.1. The Kier molecular flexibility index (Phi) is 4.00. The maximum absolute atomic E-state index is 4.75. The van der Waals surface area contributed by atoms with E-state index < -0.39 is 0 Å². The van der Waals surface area contributed by atoms with Gasteiger partial charge in [-0.1, -0.05) is 19.8 Å². The van der Waals surface area contributed by atoms with Crippen LogP contribution < -0.4 is 0 Å². The van der Waals surface area contributed by atoms with Crippen molar-refractivity contribution in [1.82, 2.24) is 29.4 Å². The van der Waals surface area contributed by atoms with E-state index in [2.05, 4.69) is 46.0 Å². The van der Waals surface area contributed by atoms with E-state index in [4.69, 9.17) is 4.98 Å². The fourth-order valence-electron chi connectivity index (χ4n) is 4.35. The average molecular weight is 372 g/mol. The lowest BCUT2D eigenvalue weighted by Crippen LogP contribution is -2.19. The first-order valence-corrected chi connectivity index (χ1v) is 9.89. The zero-order chi connectivity index (χ0) is 19.1. The van der Waals surface area contributed by atoms with Gasteiger partial charge in [-0.25, -0.2) is 9.50 Å². The van der Waals surface area contributed by atoms with Crippen LogP contribution in [0.2, 0.25) is 0 Å². The van der Waals surface area contributed by atoms with Crippen molar-refractivity contribution in [3.8, 4) is 22.4 Å². The number of pyridine rings is 2. The number of hydrogen-bond acceptors (Lipinski definition) is 4. The molecule has 28 heavy (non-hydrogen) atoms. The fourth-order valence-corrected chi connectivity index (χ4v) is 4.35. The molecular weight excluding hydrogens is 348 g/mol. The summed E-state index contributed by atoms with van der Waals surface area (Å²) in [6, 6.07) is 6.25. The van der Waals surface area contributed by atoms with E-state index in [1.165, 1.54) is 25.7 Å². The van der Waals surface area contributed by atoms with Crippen molar-refractivity contribution in [2.24, 2.45) is 5.41 Å². The Morgan fingerprint density at radius 1 is 1.04 bits per heavy atom. The molecule has 1 aliphatic carbocycles. The van der Waals surface area contributed by atoms with Gasteiger partial charge in [-0.15, -0.1) is 0 Å². The van der Waals surface area contributed by atoms with E-state index in [0.29, 0.717) is 5.41 Å². The van der Waals surface area contributed by atoms with Crippen molar-refractivity contribution in [1.29, 1.82) is 0 Å². The van der Waals surface area contributed by atoms with Crippen LogP contribution in [0.4, 0.5) is 0 Å². The van der Waals surface area contributed by atoms with Gasteiger partial charge in [-0.3, -0.25) is 9.67 Å². The van der Waals surface area contributed by atoms with E-state index in [1.807, 2.05) is 30.7 Å². The molecule has 4 aromatic heterocycles. The molecule has 0 saturated heterocycles. The molecule has 1 aliphatic rings. The van der Waals surface area contributed by atoms with Gasteiger partial charge in [0.2, 0.25) is 0 Å². The first-order chi connectivity index (χ1) is 13.6. The van der Waals surface area contributed by atoms with Crippen molar-refractivity contribution in [2.45, 2.75) is 46.1 Å². The quantitative estimate of drug-likeness (QED) is 0.527. The van der Waals surface area contributed by atoms with Crippen LogP contribution in [-0.4, -0.2) is 29.4 Å². The van der Waals surface area contributed by atoms with Crippen molar-refractivity contribution in [2.75, 3.05) is 0 Å². The molecule has 0 radical (unpaired) electrons. The van der Waals surface area contributed by atoms with Crippen molar-refractivity contribution in [3.63, 3.8) is 0 Å². The molecule has 0 aliphatic heterocycles. The van der Waals surface area contributed by atoms with Gasteiger partial charge in [-0.2, -0.15) is 10.2 Å². The predicted octanol–water partition coefficient (Wildman–Crippen LogP) is 4.54. The lowest BCUT2D eigenvalue weighted by molar-refractivity contribution is 0.268. The van der Waals surface area contributed by atoms with Crippen LogP contribution >= 0.6 is 0 Å². The highest BCUT2D eigenvalue weighted by molar-refractivity contribution is 5.81. The van der Waals surface area contributed by atoms with Crippen LogP contribution in [0.25, 0.3) is 28.0 Å². The second-order valence-corrected chi connectivity index (χ2v) is 8.33. The third-order valence-electron chi connectivity index (χ3n) is 5.88. The van der Waals surface area contributed by atoms with E-state index in [0.717, 1.165) is 40.1 Å². The smallest absolute Gasteiger partial charge is 0.155 e. The minimum absolute atomic E-state index is 0.371. The van der Waals surface area contributed by atoms with Gasteiger partial charge in [0.25, 0.3) is 0 Å². The molecule has 0 aromatic carbocycles. The van der Waals surface area contributed by atoms with E-state index in [-0.39, 0.29) is 0 Å². The van der Waals surface area contributed by atoms with Crippen LogP contribution in [0.3, 0.4) is 0 Å². The van der Waals surface area contributed by atoms with E-state index in [9.17, 15) is 0 Å². The van der Waals surface area contributed by atoms with Crippen molar-refractivity contribution < 1.29 is 0 Å². The summed E-state index contributed by atoms with van der Waals surface area (Å²) in [4.78, 5) is 9.05. The Morgan fingerprint density at radius 2 is 1.89 bits per heavy atom. The lowest BCUT2D eigenvalue weighted by Gasteiger charge is -2.22. The first-order valence-electron chi connectivity index (χ1n) is 9.89. The molecule has 1 fully saturated rings. The Hall–Kier alpha value is -3.02. The van der Waals surface area contributed by atoms with Gasteiger partial charge in [0.1, 0.15) is 6.33 Å². The van der Waals surface area contributed by atoms with Crippen LogP contribution in [0.1, 0.15) is 38.2 Å². The molecule has 6 nitrogen and oxygen atoms in total. The van der Waals surface area contributed by atoms with Gasteiger partial charge in [0, 0.05) is 41.8 Å². The molecule has 142 valence electrons. The zero-order valence-electron chi connectivity index (χ0n) is 16.3. The summed E-state index contributed by atoms with van der Waals surface area (Å²) < 4.78 is 3.87. The van der Waals surface area contributed by atoms with Gasteiger partial charge in [0.15, 0.2) is 5.65 Å². The largest absolute Gasteiger partial charge is 0.272 e. The summed E-state index contributed by atoms with van der Waals surface area (Å²) in [7, 11) is 0. The summed E-state index contributed by atoms with van der Waals surface area (Å²) >= 11 is 0. The summed E-state index contributed by atoms with van der Waals surface area (Å²) in [6.45, 7) is 5.44. The SMILES string of the molecule is Cc1cnc(-c2ccn3ncnc3c2)c(-c2cnn(CC3(C)CCCC3)c2)c1. The standard InChI is InChI=1S/C22H24N6/c1-16-9-19(18-12-25-27(13-18)14-22(2)6-3-4-7-22)21(23-11-16)17-5-8-28-20(10-17)24-15-26-28/h5,8-13,15H,3-4,6-7,14H2,1-2H3. The average Bonchev–Trinajstić information content (AvgIpc) is 3.42. The number of fused-ring (bicyclic) bond motifs is 1. The summed E-state index contributed by atoms with van der Waals surface area (Å²) in [5.74, 6) is 0. The van der Waals surface area contributed by atoms with Crippen LogP contribution in [0.5, 0.6) is 0 Å². The van der Waals surface area contributed by atoms with Crippen molar-refractivity contribution >= 4 is 5.65 Å². The monoisotopic (exact) mass is 372 g/mol. The molecule has 5 rings (SSSR count). The molecule has 0 N–H and O–H groups in total. The second-order valence-electron chi connectivity index (χ2n) is 8.33. The molecule has 0 atom stereocenters. The van der Waals surface area contributed by atoms with Gasteiger partial charge in [0.05, 0.1) is 11.9 Å². The topological polar surface area (TPSA) is 60.9 Å². The Morgan fingerprint density at radius 3 is 2.75 bits per heavy atom. The molecule has 0 spiro atoms. The summed E-state index contributed by atoms with van der Waals surface area (Å²) in [6.07, 6.45) is 14.8. The van der Waals surface area contributed by atoms with Gasteiger partial charge >= 0.3 is 0 Å².